The molecule has 3 aliphatic rings. The molecule has 0 spiro atoms. The summed E-state index contributed by atoms with van der Waals surface area (Å²) >= 11 is 0. The second-order valence-corrected chi connectivity index (χ2v) is 29.0. The first kappa shape index (κ1) is 112. The molecule has 4 rings (SSSR count). The van der Waals surface area contributed by atoms with E-state index in [9.17, 15) is 76.7 Å². The van der Waals surface area contributed by atoms with Crippen molar-refractivity contribution in [3.8, 4) is 0 Å². The van der Waals surface area contributed by atoms with Gasteiger partial charge in [-0.3, -0.25) is 71.9 Å². The van der Waals surface area contributed by atoms with E-state index in [1.807, 2.05) is 0 Å². The Balaban J connectivity index is 1.26. The Morgan fingerprint density at radius 3 is 1.28 bits per heavy atom. The minimum atomic E-state index is -1.44. The van der Waals surface area contributed by atoms with Crippen LogP contribution in [0.4, 0.5) is 0 Å². The highest BCUT2D eigenvalue weighted by Gasteiger charge is 2.53. The summed E-state index contributed by atoms with van der Waals surface area (Å²) < 4.78 is 139. The lowest BCUT2D eigenvalue weighted by molar-refractivity contribution is -0.279. The van der Waals surface area contributed by atoms with Crippen molar-refractivity contribution in [2.75, 3.05) is 172 Å². The standard InChI is InChI=1S/C83H126N6O41/c1-51(90)86-73-78(126-60(10)99)76(124-58(8)97)67(46-119-54(4)93)129-82(73)116-41-38-110-29-26-107-32-35-112-48-69(101)84-23-17-15-21-63(88-71(103)50-114-36-33-108-27-30-111-39-42-117-83-74(87-52(2)91)79(127-61(11)100)77(125-59(9)98)68(130-83)47-120-55(5)94)80(104)89-64(81(105)121-44-62-19-13-12-14-20-62)22-16-18-24-85-70(102)49-113-34-31-106-25-28-109-37-40-115-72-43-65(122-56(6)95)75(123-57(7)96)66(128-72)45-118-53(3)92/h12-14,19-20,63-68,72,74-79,82-83H,15-18,21-50H2,1-11H3,(H,84,101)(H,85,102)(H,87,91)(H,88,103)(H,89,104)/b86-73+/t63-,64-,65+,66+,67+,68+,72+,74+,75+,76-,77-,78+,79+,82+,83+/m0/s1. The van der Waals surface area contributed by atoms with Crippen LogP contribution in [0.5, 0.6) is 0 Å². The fraction of sp³-hybridized carbons (Fsp3) is 0.723. The van der Waals surface area contributed by atoms with Crippen LogP contribution in [-0.4, -0.2) is 364 Å². The van der Waals surface area contributed by atoms with Gasteiger partial charge in [0, 0.05) is 95.7 Å². The summed E-state index contributed by atoms with van der Waals surface area (Å²) in [5, 5.41) is 13.5. The van der Waals surface area contributed by atoms with Crippen molar-refractivity contribution in [3.05, 3.63) is 35.9 Å². The Morgan fingerprint density at radius 2 is 0.808 bits per heavy atom. The molecule has 1 aromatic rings. The van der Waals surface area contributed by atoms with Crippen LogP contribution in [0.1, 0.15) is 127 Å². The normalized spacial score (nSPS) is 21.3. The fourth-order valence-electron chi connectivity index (χ4n) is 12.5. The summed E-state index contributed by atoms with van der Waals surface area (Å²) in [7, 11) is 0. The third-order valence-corrected chi connectivity index (χ3v) is 17.9. The van der Waals surface area contributed by atoms with Crippen LogP contribution >= 0.6 is 0 Å². The highest BCUT2D eigenvalue weighted by atomic mass is 16.7. The van der Waals surface area contributed by atoms with E-state index >= 15 is 0 Å². The second-order valence-electron chi connectivity index (χ2n) is 29.0. The van der Waals surface area contributed by atoms with E-state index in [2.05, 4.69) is 31.6 Å². The zero-order valence-electron chi connectivity index (χ0n) is 75.3. The maximum absolute atomic E-state index is 14.3. The number of aliphatic imine (C=N–C) groups is 1. The highest BCUT2D eigenvalue weighted by Crippen LogP contribution is 2.31. The summed E-state index contributed by atoms with van der Waals surface area (Å²) in [6, 6.07) is 5.15. The summed E-state index contributed by atoms with van der Waals surface area (Å²) in [4.78, 5) is 203. The lowest BCUT2D eigenvalue weighted by atomic mass is 9.96. The number of esters is 10. The van der Waals surface area contributed by atoms with Gasteiger partial charge >= 0.3 is 59.7 Å². The van der Waals surface area contributed by atoms with Crippen LogP contribution in [-0.2, 0) is 202 Å². The first-order chi connectivity index (χ1) is 62.2. The van der Waals surface area contributed by atoms with E-state index in [1.54, 1.807) is 30.3 Å². The zero-order valence-corrected chi connectivity index (χ0v) is 75.3. The van der Waals surface area contributed by atoms with Gasteiger partial charge in [-0.2, -0.15) is 0 Å². The van der Waals surface area contributed by atoms with E-state index < -0.39 is 207 Å². The monoisotopic (exact) mass is 1860 g/mol. The molecular formula is C83H126N6O41. The van der Waals surface area contributed by atoms with Crippen LogP contribution in [0.25, 0.3) is 0 Å². The van der Waals surface area contributed by atoms with Gasteiger partial charge in [-0.25, -0.2) is 9.79 Å². The van der Waals surface area contributed by atoms with Gasteiger partial charge in [0.05, 0.1) is 119 Å². The lowest BCUT2D eigenvalue weighted by Gasteiger charge is -2.44. The van der Waals surface area contributed by atoms with Crippen molar-refractivity contribution in [3.63, 3.8) is 0 Å². The summed E-state index contributed by atoms with van der Waals surface area (Å²) in [5.41, 5.74) is 0.459. The molecule has 0 aliphatic carbocycles. The lowest BCUT2D eigenvalue weighted by Crippen LogP contribution is -2.66. The van der Waals surface area contributed by atoms with E-state index in [0.29, 0.717) is 24.8 Å². The fourth-order valence-corrected chi connectivity index (χ4v) is 12.5. The molecule has 47 heteroatoms. The average molecular weight is 1860 g/mol. The minimum absolute atomic E-state index is 0.00713. The molecule has 0 bridgehead atoms. The molecule has 130 heavy (non-hydrogen) atoms. The maximum atomic E-state index is 14.3. The zero-order chi connectivity index (χ0) is 95.6. The van der Waals surface area contributed by atoms with Crippen molar-refractivity contribution in [2.45, 2.75) is 220 Å². The molecule has 15 atom stereocenters. The molecule has 1 aromatic carbocycles. The SMILES string of the molecule is CC(=O)/N=C1/[C@H](OCCOCCOCCOCC(=O)NCCCC[C@H](NC(=O)COCCOCCOCCO[C@@H]2O[C@H](COC(C)=O)[C@H](OC(C)=O)[C@H](OC(C)=O)[C@H]2NC(C)=O)C(=O)N[C@@H](CCCCNC(=O)COCCOCCOCCO[C@H]2C[C@@H](OC(C)=O)[C@@H](OC(C)=O)[C@@H](COC(C)=O)O2)C(=O)OCc2ccccc2)O[C@H](COC(C)=O)[C@H](OC(C)=O)[C@@H]1OC(C)=O. The van der Waals surface area contributed by atoms with Gasteiger partial charge in [-0.1, -0.05) is 30.3 Å². The predicted octanol–water partition coefficient (Wildman–Crippen LogP) is -1.19. The molecule has 3 heterocycles. The molecule has 3 saturated heterocycles. The molecule has 47 nitrogen and oxygen atoms in total. The average Bonchev–Trinajstić information content (AvgIpc) is 1.16. The maximum Gasteiger partial charge on any atom is 0.328 e. The Labute approximate surface area is 752 Å². The smallest absolute Gasteiger partial charge is 0.328 e. The van der Waals surface area contributed by atoms with Crippen LogP contribution in [0.15, 0.2) is 35.3 Å². The molecule has 5 N–H and O–H groups in total. The highest BCUT2D eigenvalue weighted by molar-refractivity contribution is 6.01. The Morgan fingerprint density at radius 1 is 0.392 bits per heavy atom. The third kappa shape index (κ3) is 49.9. The first-order valence-corrected chi connectivity index (χ1v) is 42.3. The number of benzene rings is 1. The van der Waals surface area contributed by atoms with Crippen LogP contribution < -0.4 is 26.6 Å². The summed E-state index contributed by atoms with van der Waals surface area (Å²) in [6.07, 6.45) is -13.1. The number of amides is 6. The minimum Gasteiger partial charge on any atom is -0.463 e. The number of hydrogen-bond acceptors (Lipinski definition) is 41. The molecular weight excluding hydrogens is 1740 g/mol. The number of ether oxygens (including phenoxy) is 25. The van der Waals surface area contributed by atoms with Crippen molar-refractivity contribution in [1.29, 1.82) is 0 Å². The molecule has 0 saturated carbocycles. The van der Waals surface area contributed by atoms with Gasteiger partial charge in [-0.15, -0.1) is 0 Å². The van der Waals surface area contributed by atoms with Crippen molar-refractivity contribution < 1.29 is 195 Å². The van der Waals surface area contributed by atoms with Gasteiger partial charge in [0.1, 0.15) is 94.5 Å². The molecule has 0 aromatic heterocycles. The van der Waals surface area contributed by atoms with Gasteiger partial charge in [0.25, 0.3) is 0 Å². The van der Waals surface area contributed by atoms with Crippen LogP contribution in [0, 0.1) is 0 Å². The number of hydrogen-bond donors (Lipinski definition) is 5. The largest absolute Gasteiger partial charge is 0.463 e. The summed E-state index contributed by atoms with van der Waals surface area (Å²) in [5.74, 6) is -10.8. The van der Waals surface area contributed by atoms with E-state index in [4.69, 9.17) is 118 Å². The molecule has 3 aliphatic heterocycles. The number of carbonyl (C=O) groups is 16. The molecule has 0 unspecified atom stereocenters. The van der Waals surface area contributed by atoms with Gasteiger partial charge in [0.2, 0.25) is 41.7 Å². The number of rotatable bonds is 65. The number of carbonyl (C=O) groups excluding carboxylic acids is 16. The summed E-state index contributed by atoms with van der Waals surface area (Å²) in [6.45, 7) is 11.1. The molecule has 3 fully saturated rings. The van der Waals surface area contributed by atoms with Gasteiger partial charge in [-0.05, 0) is 44.1 Å². The van der Waals surface area contributed by atoms with Crippen molar-refractivity contribution >= 4 is 101 Å². The Hall–Kier alpha value is -9.99. The van der Waals surface area contributed by atoms with E-state index in [0.717, 1.165) is 48.5 Å². The van der Waals surface area contributed by atoms with E-state index in [-0.39, 0.29) is 190 Å². The van der Waals surface area contributed by atoms with Crippen LogP contribution in [0.2, 0.25) is 0 Å². The number of unbranched alkanes of at least 4 members (excludes halogenated alkanes) is 2. The van der Waals surface area contributed by atoms with E-state index in [1.165, 1.54) is 27.7 Å². The molecule has 734 valence electrons. The Bertz CT molecular complexity index is 3690. The van der Waals surface area contributed by atoms with Gasteiger partial charge in [0.15, 0.2) is 43.1 Å². The topological polar surface area (TPSA) is 576 Å². The number of nitrogens with one attached hydrogen (secondary N) is 5. The first-order valence-electron chi connectivity index (χ1n) is 42.3. The Kier molecular flexibility index (Phi) is 56.6. The third-order valence-electron chi connectivity index (χ3n) is 17.9. The van der Waals surface area contributed by atoms with Gasteiger partial charge < -0.3 is 145 Å². The molecule has 0 radical (unpaired) electrons. The second kappa shape index (κ2) is 65.5. The van der Waals surface area contributed by atoms with Crippen molar-refractivity contribution in [1.82, 2.24) is 26.6 Å². The quantitative estimate of drug-likeness (QED) is 0.0291. The van der Waals surface area contributed by atoms with Crippen LogP contribution in [0.3, 0.4) is 0 Å². The van der Waals surface area contributed by atoms with Crippen molar-refractivity contribution in [2.24, 2.45) is 4.99 Å². The number of nitrogens with zero attached hydrogens (tertiary/aromatic N) is 1. The predicted molar refractivity (Wildman–Crippen MR) is 439 cm³/mol. The molecule has 6 amide bonds.